The van der Waals surface area contributed by atoms with E-state index in [4.69, 9.17) is 23.1 Å². The third-order valence-electron chi connectivity index (χ3n) is 8.32. The molecule has 1 aliphatic carbocycles. The lowest BCUT2D eigenvalue weighted by Crippen LogP contribution is -2.38. The minimum Gasteiger partial charge on any atom is -0.489 e. The number of ether oxygens (including phenoxy) is 4. The highest BCUT2D eigenvalue weighted by molar-refractivity contribution is 7.89. The number of carbonyl (C=O) groups is 1. The lowest BCUT2D eigenvalue weighted by molar-refractivity contribution is -0.134. The predicted octanol–water partition coefficient (Wildman–Crippen LogP) is 7.95. The number of fused-ring (bicyclic) bond motifs is 1. The van der Waals surface area contributed by atoms with Gasteiger partial charge in [-0.3, -0.25) is 8.98 Å². The lowest BCUT2D eigenvalue weighted by Gasteiger charge is -2.34. The molecule has 0 fully saturated rings. The molecular formula is C39H37NO8S. The molecule has 0 aromatic heterocycles. The summed E-state index contributed by atoms with van der Waals surface area (Å²) in [5.74, 6) is 1.39. The zero-order valence-electron chi connectivity index (χ0n) is 27.2. The number of hydrogen-bond acceptors (Lipinski definition) is 8. The van der Waals surface area contributed by atoms with E-state index < -0.39 is 16.4 Å². The van der Waals surface area contributed by atoms with Crippen LogP contribution >= 0.6 is 0 Å². The van der Waals surface area contributed by atoms with E-state index in [1.165, 1.54) is 12.3 Å². The van der Waals surface area contributed by atoms with Gasteiger partial charge in [0.05, 0.1) is 29.8 Å². The fraction of sp³-hybridized carbons (Fsp3) is 0.205. The number of methoxy groups -OCH3 is 1. The summed E-state index contributed by atoms with van der Waals surface area (Å²) in [6.45, 7) is 1.97. The van der Waals surface area contributed by atoms with Crippen molar-refractivity contribution in [2.24, 2.45) is 11.8 Å². The van der Waals surface area contributed by atoms with Gasteiger partial charge >= 0.3 is 0 Å². The van der Waals surface area contributed by atoms with Gasteiger partial charge in [-0.15, -0.1) is 0 Å². The van der Waals surface area contributed by atoms with E-state index in [-0.39, 0.29) is 31.0 Å². The molecule has 1 heterocycles. The van der Waals surface area contributed by atoms with Gasteiger partial charge in [0.2, 0.25) is 6.29 Å². The number of benzene rings is 4. The molecule has 49 heavy (non-hydrogen) atoms. The van der Waals surface area contributed by atoms with E-state index in [0.29, 0.717) is 40.5 Å². The summed E-state index contributed by atoms with van der Waals surface area (Å²) in [5.41, 5.74) is 5.07. The van der Waals surface area contributed by atoms with Crippen LogP contribution in [0, 0.1) is 11.8 Å². The maximum Gasteiger partial charge on any atom is 0.290 e. The number of carbonyl (C=O) groups excluding carboxylic acids is 1. The third kappa shape index (κ3) is 8.47. The molecule has 1 amide bonds. The van der Waals surface area contributed by atoms with Crippen LogP contribution < -0.4 is 14.8 Å². The van der Waals surface area contributed by atoms with Crippen molar-refractivity contribution in [2.45, 2.75) is 19.6 Å². The number of amides is 1. The molecule has 0 spiro atoms. The molecule has 0 radical (unpaired) electrons. The van der Waals surface area contributed by atoms with Crippen molar-refractivity contribution >= 4 is 27.8 Å². The second kappa shape index (κ2) is 15.4. The predicted molar refractivity (Wildman–Crippen MR) is 188 cm³/mol. The van der Waals surface area contributed by atoms with Crippen LogP contribution in [-0.2, 0) is 28.6 Å². The van der Waals surface area contributed by atoms with Crippen molar-refractivity contribution in [1.29, 1.82) is 0 Å². The van der Waals surface area contributed by atoms with Crippen molar-refractivity contribution in [3.8, 4) is 28.4 Å². The van der Waals surface area contributed by atoms with Gasteiger partial charge in [-0.2, -0.15) is 8.42 Å². The Kier molecular flexibility index (Phi) is 10.6. The van der Waals surface area contributed by atoms with Gasteiger partial charge in [-0.1, -0.05) is 60.7 Å². The minimum absolute atomic E-state index is 0.0739. The van der Waals surface area contributed by atoms with Gasteiger partial charge in [-0.25, -0.2) is 0 Å². The fourth-order valence-electron chi connectivity index (χ4n) is 5.89. The van der Waals surface area contributed by atoms with Crippen LogP contribution in [0.2, 0.25) is 0 Å². The molecule has 3 atom stereocenters. The second-order valence-corrected chi connectivity index (χ2v) is 13.0. The molecule has 2 aliphatic rings. The van der Waals surface area contributed by atoms with E-state index in [1.54, 1.807) is 50.4 Å². The fourth-order valence-corrected chi connectivity index (χ4v) is 6.63. The SMILES string of the molecule is CCOS(=O)(=O)/C=C/c1ccc(OCC2=CC[C@@H]3C(C(=O)Nc4ccc(Oc5ccc(-c6ccccc6)cc5)cc4)=CO[C@@H](OC)[C@H]23)cc1. The number of rotatable bonds is 13. The zero-order chi connectivity index (χ0) is 34.2. The first kappa shape index (κ1) is 33.7. The summed E-state index contributed by atoms with van der Waals surface area (Å²) >= 11 is 0. The van der Waals surface area contributed by atoms with E-state index >= 15 is 0 Å². The van der Waals surface area contributed by atoms with Gasteiger partial charge in [0.25, 0.3) is 16.0 Å². The number of allylic oxidation sites excluding steroid dienone is 1. The number of anilines is 1. The Labute approximate surface area is 286 Å². The van der Waals surface area contributed by atoms with Crippen molar-refractivity contribution < 1.29 is 36.3 Å². The summed E-state index contributed by atoms with van der Waals surface area (Å²) in [4.78, 5) is 13.5. The number of hydrogen-bond donors (Lipinski definition) is 1. The number of nitrogens with one attached hydrogen (secondary N) is 1. The molecule has 0 bridgehead atoms. The Morgan fingerprint density at radius 1 is 0.878 bits per heavy atom. The Morgan fingerprint density at radius 2 is 1.53 bits per heavy atom. The molecule has 252 valence electrons. The first-order valence-electron chi connectivity index (χ1n) is 15.9. The molecule has 0 saturated heterocycles. The van der Waals surface area contributed by atoms with E-state index in [9.17, 15) is 13.2 Å². The smallest absolute Gasteiger partial charge is 0.290 e. The van der Waals surface area contributed by atoms with Crippen LogP contribution in [0.15, 0.2) is 132 Å². The molecule has 10 heteroatoms. The van der Waals surface area contributed by atoms with Gasteiger partial charge < -0.3 is 24.3 Å². The molecule has 1 aliphatic heterocycles. The third-order valence-corrected chi connectivity index (χ3v) is 9.35. The van der Waals surface area contributed by atoms with Crippen molar-refractivity contribution in [3.05, 3.63) is 138 Å². The highest BCUT2D eigenvalue weighted by atomic mass is 32.2. The summed E-state index contributed by atoms with van der Waals surface area (Å²) in [6.07, 6.45) is 5.12. The molecule has 6 rings (SSSR count). The van der Waals surface area contributed by atoms with Gasteiger partial charge in [0, 0.05) is 18.7 Å². The Balaban J connectivity index is 1.03. The Bertz CT molecular complexity index is 1940. The zero-order valence-corrected chi connectivity index (χ0v) is 28.0. The summed E-state index contributed by atoms with van der Waals surface area (Å²) < 4.78 is 51.8. The van der Waals surface area contributed by atoms with Gasteiger partial charge in [0.15, 0.2) is 0 Å². The lowest BCUT2D eigenvalue weighted by atomic mass is 9.83. The highest BCUT2D eigenvalue weighted by Gasteiger charge is 2.44. The minimum atomic E-state index is -3.71. The molecule has 4 aromatic rings. The maximum absolute atomic E-state index is 13.5. The van der Waals surface area contributed by atoms with Crippen LogP contribution in [0.25, 0.3) is 17.2 Å². The summed E-state index contributed by atoms with van der Waals surface area (Å²) in [7, 11) is -2.13. The average molecular weight is 680 g/mol. The van der Waals surface area contributed by atoms with E-state index in [1.807, 2.05) is 54.6 Å². The quantitative estimate of drug-likeness (QED) is 0.112. The molecule has 0 unspecified atom stereocenters. The molecule has 4 aromatic carbocycles. The van der Waals surface area contributed by atoms with Crippen LogP contribution in [0.1, 0.15) is 18.9 Å². The largest absolute Gasteiger partial charge is 0.489 e. The Morgan fingerprint density at radius 3 is 2.20 bits per heavy atom. The van der Waals surface area contributed by atoms with Crippen molar-refractivity contribution in [1.82, 2.24) is 0 Å². The maximum atomic E-state index is 13.5. The normalized spacial score (nSPS) is 18.6. The highest BCUT2D eigenvalue weighted by Crippen LogP contribution is 2.44. The topological polar surface area (TPSA) is 109 Å². The van der Waals surface area contributed by atoms with Gasteiger partial charge in [-0.05, 0) is 90.2 Å². The summed E-state index contributed by atoms with van der Waals surface area (Å²) in [6, 6.07) is 32.3. The van der Waals surface area contributed by atoms with E-state index in [2.05, 4.69) is 23.5 Å². The van der Waals surface area contributed by atoms with E-state index in [0.717, 1.165) is 22.1 Å². The molecule has 1 N–H and O–H groups in total. The van der Waals surface area contributed by atoms with Crippen LogP contribution in [0.3, 0.4) is 0 Å². The van der Waals surface area contributed by atoms with Crippen LogP contribution in [0.4, 0.5) is 5.69 Å². The van der Waals surface area contributed by atoms with Crippen molar-refractivity contribution in [2.75, 3.05) is 25.6 Å². The summed E-state index contributed by atoms with van der Waals surface area (Å²) in [5, 5.41) is 4.02. The molecule has 9 nitrogen and oxygen atoms in total. The monoisotopic (exact) mass is 679 g/mol. The van der Waals surface area contributed by atoms with Crippen molar-refractivity contribution in [3.63, 3.8) is 0 Å². The molecular weight excluding hydrogens is 642 g/mol. The average Bonchev–Trinajstić information content (AvgIpc) is 3.55. The standard InChI is InChI=1S/C39H37NO8S/c1-3-47-49(42,43)24-23-27-9-16-32(17-10-27)45-25-30-13-22-35-36(26-46-39(44-2)37(30)35)38(41)40-31-14-20-34(21-15-31)48-33-18-11-29(12-19-33)28-7-5-4-6-8-28/h4-21,23-24,26,35,37,39H,3,22,25H2,1-2H3,(H,40,41)/b24-23+/t35-,37-,39-/m1/s1. The Hall–Kier alpha value is -5.16. The first-order valence-corrected chi connectivity index (χ1v) is 17.4. The first-order chi connectivity index (χ1) is 23.8. The molecule has 0 saturated carbocycles. The van der Waals surface area contributed by atoms with Crippen LogP contribution in [0.5, 0.6) is 17.2 Å². The second-order valence-electron chi connectivity index (χ2n) is 11.5. The van der Waals surface area contributed by atoms with Crippen LogP contribution in [-0.4, -0.2) is 40.9 Å². The van der Waals surface area contributed by atoms with Gasteiger partial charge in [0.1, 0.15) is 23.9 Å².